The number of carbonyl (C=O) groups excluding carboxylic acids is 3. The van der Waals surface area contributed by atoms with Gasteiger partial charge in [0.25, 0.3) is 0 Å². The molecule has 1 saturated heterocycles. The lowest BCUT2D eigenvalue weighted by Crippen LogP contribution is -2.42. The van der Waals surface area contributed by atoms with Crippen LogP contribution in [0.2, 0.25) is 0 Å². The van der Waals surface area contributed by atoms with E-state index in [1.165, 1.54) is 0 Å². The van der Waals surface area contributed by atoms with E-state index in [9.17, 15) is 18.9 Å². The fraction of sp³-hybridized carbons (Fsp3) is 0.348. The van der Waals surface area contributed by atoms with Crippen molar-refractivity contribution < 1.29 is 46.9 Å². The van der Waals surface area contributed by atoms with Crippen molar-refractivity contribution in [2.75, 3.05) is 31.6 Å². The van der Waals surface area contributed by atoms with Crippen LogP contribution in [0, 0.1) is 0 Å². The highest BCUT2D eigenvalue weighted by molar-refractivity contribution is 7.33. The molecule has 64 heavy (non-hydrogen) atoms. The zero-order valence-electron chi connectivity index (χ0n) is 36.1. The molecular weight excluding hydrogens is 842 g/mol. The summed E-state index contributed by atoms with van der Waals surface area (Å²) in [4.78, 5) is 51.3. The lowest BCUT2D eigenvalue weighted by Gasteiger charge is -2.16. The predicted molar refractivity (Wildman–Crippen MR) is 241 cm³/mol. The van der Waals surface area contributed by atoms with Crippen molar-refractivity contribution in [3.63, 3.8) is 0 Å². The van der Waals surface area contributed by atoms with E-state index in [1.54, 1.807) is 12.3 Å². The summed E-state index contributed by atoms with van der Waals surface area (Å²) >= 11 is 0. The zero-order chi connectivity index (χ0) is 45.2. The van der Waals surface area contributed by atoms with Crippen molar-refractivity contribution in [1.82, 2.24) is 20.2 Å². The van der Waals surface area contributed by atoms with Crippen LogP contribution in [0.1, 0.15) is 56.2 Å². The standard InChI is InChI=1S/C46H56N7O10P/c1-3-4-16-35(2)30-61-64(57)62-34-40-24-23-39(63-40)29-53-28-25-41(50-44(54)58-31-36-17-8-5-9-18-36)49-43(53)48-27-15-14-26-47-42(51-45(55)59-32-37-19-10-6-11-20-37)52-46(56)60-33-38-21-12-7-13-22-38/h3-13,16-22,25,28,39-40,64H,14-15,23-24,26-27,29-34H2,1-2H3,(H,48,49,50,54)(H2,47,51,52,55,56)/b4-3-,35-16+/t39?,40-/m0/s1. The van der Waals surface area contributed by atoms with Gasteiger partial charge >= 0.3 is 26.5 Å². The Kier molecular flexibility index (Phi) is 21.0. The Bertz CT molecular complexity index is 2260. The van der Waals surface area contributed by atoms with Crippen LogP contribution in [0.5, 0.6) is 0 Å². The number of aliphatic imine (C=N–C) groups is 1. The van der Waals surface area contributed by atoms with Crippen LogP contribution in [0.25, 0.3) is 0 Å². The molecule has 3 amide bonds. The Labute approximate surface area is 373 Å². The maximum absolute atomic E-state index is 12.7. The fourth-order valence-corrected chi connectivity index (χ4v) is 6.76. The van der Waals surface area contributed by atoms with Gasteiger partial charge in [-0.3, -0.25) is 20.2 Å². The zero-order valence-corrected chi connectivity index (χ0v) is 37.1. The minimum absolute atomic E-state index is 0.00585. The van der Waals surface area contributed by atoms with Crippen LogP contribution in [-0.2, 0) is 58.9 Å². The molecule has 0 bridgehead atoms. The number of ether oxygens (including phenoxy) is 4. The lowest BCUT2D eigenvalue weighted by molar-refractivity contribution is 0.00856. The number of allylic oxidation sites excluding steroid dienone is 3. The van der Waals surface area contributed by atoms with E-state index >= 15 is 0 Å². The van der Waals surface area contributed by atoms with Gasteiger partial charge in [-0.2, -0.15) is 4.98 Å². The van der Waals surface area contributed by atoms with Gasteiger partial charge in [0.2, 0.25) is 11.6 Å². The second-order valence-electron chi connectivity index (χ2n) is 14.5. The number of unbranched alkanes of at least 4 members (excludes halogenated alkanes) is 1. The number of nitrogens with zero attached hydrogens (tertiary/aromatic N) is 4. The molecule has 1 fully saturated rings. The number of anilines is 1. The maximum atomic E-state index is 12.7. The molecular formula is C46H56N7O10P. The first kappa shape index (κ1) is 48.6. The van der Waals surface area contributed by atoms with Gasteiger partial charge in [0.1, 0.15) is 25.6 Å². The molecule has 0 radical (unpaired) electrons. The molecule has 1 aliphatic rings. The summed E-state index contributed by atoms with van der Waals surface area (Å²) in [6.07, 6.45) is 7.17. The number of aromatic nitrogens is 2. The molecule has 3 N–H and O–H groups in total. The first-order chi connectivity index (χ1) is 31.2. The van der Waals surface area contributed by atoms with E-state index in [1.807, 2.05) is 128 Å². The molecule has 3 atom stereocenters. The molecule has 2 heterocycles. The third-order valence-electron chi connectivity index (χ3n) is 9.28. The third kappa shape index (κ3) is 18.9. The van der Waals surface area contributed by atoms with Crippen molar-refractivity contribution in [2.24, 2.45) is 9.98 Å². The van der Waals surface area contributed by atoms with E-state index < -0.39 is 26.5 Å². The van der Waals surface area contributed by atoms with Crippen LogP contribution in [0.4, 0.5) is 20.2 Å². The second kappa shape index (κ2) is 27.6. The van der Waals surface area contributed by atoms with Crippen LogP contribution >= 0.6 is 8.25 Å². The average Bonchev–Trinajstić information content (AvgIpc) is 3.77. The van der Waals surface area contributed by atoms with Gasteiger partial charge in [0.15, 0.2) is 0 Å². The maximum Gasteiger partial charge on any atom is 0.437 e. The Morgan fingerprint density at radius 2 is 1.45 bits per heavy atom. The number of rotatable bonds is 21. The number of hydrogen-bond donors (Lipinski definition) is 3. The molecule has 0 spiro atoms. The summed E-state index contributed by atoms with van der Waals surface area (Å²) in [5.41, 5.74) is 3.69. The molecule has 1 aliphatic heterocycles. The van der Waals surface area contributed by atoms with Crippen molar-refractivity contribution in [3.05, 3.63) is 149 Å². The van der Waals surface area contributed by atoms with E-state index in [0.29, 0.717) is 44.5 Å². The van der Waals surface area contributed by atoms with E-state index in [2.05, 4.69) is 25.9 Å². The van der Waals surface area contributed by atoms with Gasteiger partial charge in [-0.15, -0.1) is 4.99 Å². The summed E-state index contributed by atoms with van der Waals surface area (Å²) in [5.74, 6) is 0.123. The summed E-state index contributed by atoms with van der Waals surface area (Å²) in [6, 6.07) is 29.3. The largest absolute Gasteiger partial charge is 0.444 e. The first-order valence-electron chi connectivity index (χ1n) is 21.0. The molecule has 1 aromatic heterocycles. The minimum Gasteiger partial charge on any atom is -0.444 e. The van der Waals surface area contributed by atoms with Gasteiger partial charge in [0.05, 0.1) is 32.0 Å². The van der Waals surface area contributed by atoms with Crippen molar-refractivity contribution in [2.45, 2.75) is 78.1 Å². The minimum atomic E-state index is -2.69. The SMILES string of the molecule is C/C=C\C=C(/C)CO[PH](=O)OC[C@@H]1CCC(Cn2ccc(NC(=O)OCc3ccccc3)n/c2=N\CCCCN/C(=N/C(=O)OCc2ccccc2)NC(=O)OCc2ccccc2)O1. The number of hydrogen-bond acceptors (Lipinski definition) is 12. The van der Waals surface area contributed by atoms with Gasteiger partial charge in [-0.25, -0.2) is 14.4 Å². The molecule has 0 saturated carbocycles. The Hall–Kier alpha value is -6.39. The molecule has 4 aromatic rings. The van der Waals surface area contributed by atoms with E-state index in [-0.39, 0.29) is 57.0 Å². The molecule has 5 rings (SSSR count). The summed E-state index contributed by atoms with van der Waals surface area (Å²) in [7, 11) is -2.69. The lowest BCUT2D eigenvalue weighted by atomic mass is 10.2. The molecule has 17 nitrogen and oxygen atoms in total. The highest BCUT2D eigenvalue weighted by Crippen LogP contribution is 2.28. The van der Waals surface area contributed by atoms with Crippen molar-refractivity contribution >= 4 is 38.3 Å². The van der Waals surface area contributed by atoms with Crippen LogP contribution < -0.4 is 21.6 Å². The summed E-state index contributed by atoms with van der Waals surface area (Å²) < 4.78 is 47.3. The number of carbonyl (C=O) groups is 3. The average molecular weight is 898 g/mol. The Morgan fingerprint density at radius 1 is 0.828 bits per heavy atom. The van der Waals surface area contributed by atoms with E-state index in [0.717, 1.165) is 28.7 Å². The number of alkyl carbamates (subject to hydrolysis) is 1. The number of benzene rings is 3. The highest BCUT2D eigenvalue weighted by Gasteiger charge is 2.26. The summed E-state index contributed by atoms with van der Waals surface area (Å²) in [5, 5.41) is 8.17. The Balaban J connectivity index is 1.17. The third-order valence-corrected chi connectivity index (χ3v) is 10.1. The predicted octanol–water partition coefficient (Wildman–Crippen LogP) is 8.01. The summed E-state index contributed by atoms with van der Waals surface area (Å²) in [6.45, 7) is 5.34. The smallest absolute Gasteiger partial charge is 0.437 e. The number of amides is 3. The van der Waals surface area contributed by atoms with Crippen LogP contribution in [-0.4, -0.2) is 72.3 Å². The molecule has 0 aliphatic carbocycles. The quantitative estimate of drug-likeness (QED) is 0.0182. The Morgan fingerprint density at radius 3 is 2.11 bits per heavy atom. The monoisotopic (exact) mass is 897 g/mol. The molecule has 3 aromatic carbocycles. The van der Waals surface area contributed by atoms with Crippen LogP contribution in [0.15, 0.2) is 137 Å². The van der Waals surface area contributed by atoms with Crippen molar-refractivity contribution in [3.8, 4) is 0 Å². The number of nitrogens with one attached hydrogen (secondary N) is 3. The first-order valence-corrected chi connectivity index (χ1v) is 22.2. The molecule has 340 valence electrons. The van der Waals surface area contributed by atoms with Crippen LogP contribution in [0.3, 0.4) is 0 Å². The van der Waals surface area contributed by atoms with Gasteiger partial charge in [-0.05, 0) is 67.9 Å². The van der Waals surface area contributed by atoms with Crippen molar-refractivity contribution in [1.29, 1.82) is 0 Å². The van der Waals surface area contributed by atoms with Gasteiger partial charge in [-0.1, -0.05) is 109 Å². The molecule has 2 unspecified atom stereocenters. The fourth-order valence-electron chi connectivity index (χ4n) is 6.01. The highest BCUT2D eigenvalue weighted by atomic mass is 31.1. The topological polar surface area (TPSA) is 202 Å². The van der Waals surface area contributed by atoms with E-state index in [4.69, 9.17) is 33.0 Å². The second-order valence-corrected chi connectivity index (χ2v) is 15.6. The van der Waals surface area contributed by atoms with Gasteiger partial charge < -0.3 is 37.9 Å². The number of guanidine groups is 1. The molecule has 18 heteroatoms. The normalized spacial score (nSPS) is 16.0. The van der Waals surface area contributed by atoms with Gasteiger partial charge in [0, 0.05) is 19.3 Å².